The van der Waals surface area contributed by atoms with Gasteiger partial charge in [-0.2, -0.15) is 0 Å². The molecule has 0 unspecified atom stereocenters. The molecule has 3 aromatic rings. The maximum absolute atomic E-state index is 13.6. The van der Waals surface area contributed by atoms with Crippen molar-refractivity contribution in [3.05, 3.63) is 43.0 Å². The molecule has 2 aromatic heterocycles. The van der Waals surface area contributed by atoms with E-state index in [-0.39, 0.29) is 16.6 Å². The molecule has 3 rings (SSSR count). The van der Waals surface area contributed by atoms with Crippen molar-refractivity contribution in [1.29, 1.82) is 0 Å². The van der Waals surface area contributed by atoms with E-state index in [1.165, 1.54) is 17.4 Å². The second kappa shape index (κ2) is 5.71. The maximum Gasteiger partial charge on any atom is 0.268 e. The van der Waals surface area contributed by atoms with Crippen molar-refractivity contribution >= 4 is 75.8 Å². The first kappa shape index (κ1) is 15.0. The first-order chi connectivity index (χ1) is 9.94. The van der Waals surface area contributed by atoms with Gasteiger partial charge in [0.1, 0.15) is 16.2 Å². The number of hydrogen-bond acceptors (Lipinski definition) is 4. The Balaban J connectivity index is 1.93. The minimum Gasteiger partial charge on any atom is -0.297 e. The lowest BCUT2D eigenvalue weighted by Gasteiger charge is -1.98. The molecule has 0 bridgehead atoms. The Kier molecular flexibility index (Phi) is 4.08. The number of aromatic nitrogens is 1. The number of anilines is 1. The highest BCUT2D eigenvalue weighted by Crippen LogP contribution is 2.33. The average molecular weight is 454 g/mol. The van der Waals surface area contributed by atoms with Gasteiger partial charge in [0, 0.05) is 10.5 Å². The molecule has 0 aliphatic heterocycles. The summed E-state index contributed by atoms with van der Waals surface area (Å²) in [5.41, 5.74) is 0.0446. The number of halogens is 4. The standard InChI is InChI=1S/C12H4Br2F2N2OS2/c13-5-3-8(14)21-10(5)11(19)18-12-17-9-6(16)1-4(15)2-7(9)20-12/h1-3H,(H,17,18,19). The Bertz CT molecular complexity index is 862. The first-order valence-electron chi connectivity index (χ1n) is 5.46. The van der Waals surface area contributed by atoms with Crippen LogP contribution in [0.1, 0.15) is 9.67 Å². The number of thiophene rings is 1. The maximum atomic E-state index is 13.6. The molecular weight excluding hydrogens is 450 g/mol. The van der Waals surface area contributed by atoms with Crippen molar-refractivity contribution in [2.24, 2.45) is 0 Å². The van der Waals surface area contributed by atoms with Crippen molar-refractivity contribution in [3.63, 3.8) is 0 Å². The van der Waals surface area contributed by atoms with Crippen LogP contribution in [0.5, 0.6) is 0 Å². The topological polar surface area (TPSA) is 42.0 Å². The van der Waals surface area contributed by atoms with Crippen LogP contribution in [0.15, 0.2) is 26.5 Å². The minimum atomic E-state index is -0.748. The number of carbonyl (C=O) groups is 1. The van der Waals surface area contributed by atoms with Crippen LogP contribution < -0.4 is 5.32 Å². The molecule has 1 N–H and O–H groups in total. The monoisotopic (exact) mass is 452 g/mol. The lowest BCUT2D eigenvalue weighted by molar-refractivity contribution is 0.103. The largest absolute Gasteiger partial charge is 0.297 e. The van der Waals surface area contributed by atoms with E-state index < -0.39 is 11.6 Å². The van der Waals surface area contributed by atoms with Gasteiger partial charge in [0.05, 0.1) is 8.49 Å². The Hall–Kier alpha value is -0.900. The minimum absolute atomic E-state index is 0.0446. The Morgan fingerprint density at radius 1 is 1.19 bits per heavy atom. The molecule has 0 fully saturated rings. The zero-order valence-corrected chi connectivity index (χ0v) is 14.7. The van der Waals surface area contributed by atoms with Gasteiger partial charge >= 0.3 is 0 Å². The second-order valence-corrected chi connectivity index (χ2v) is 8.25. The van der Waals surface area contributed by atoms with E-state index in [1.807, 2.05) is 0 Å². The van der Waals surface area contributed by atoms with Crippen LogP contribution >= 0.6 is 54.5 Å². The highest BCUT2D eigenvalue weighted by atomic mass is 79.9. The SMILES string of the molecule is O=C(Nc1nc2c(F)cc(F)cc2s1)c1sc(Br)cc1Br. The number of nitrogens with one attached hydrogen (secondary N) is 1. The van der Waals surface area contributed by atoms with Crippen molar-refractivity contribution in [3.8, 4) is 0 Å². The average Bonchev–Trinajstić information content (AvgIpc) is 2.92. The summed E-state index contributed by atoms with van der Waals surface area (Å²) in [6.45, 7) is 0. The predicted octanol–water partition coefficient (Wildman–Crippen LogP) is 5.41. The van der Waals surface area contributed by atoms with Crippen molar-refractivity contribution in [2.75, 3.05) is 5.32 Å². The summed E-state index contributed by atoms with van der Waals surface area (Å²) in [4.78, 5) is 16.6. The number of thiazole rings is 1. The highest BCUT2D eigenvalue weighted by Gasteiger charge is 2.17. The summed E-state index contributed by atoms with van der Waals surface area (Å²) in [6, 6.07) is 3.71. The fourth-order valence-corrected chi connectivity index (χ4v) is 5.06. The molecule has 1 amide bonds. The molecule has 0 aliphatic rings. The van der Waals surface area contributed by atoms with Crippen molar-refractivity contribution in [1.82, 2.24) is 4.98 Å². The predicted molar refractivity (Wildman–Crippen MR) is 87.2 cm³/mol. The number of carbonyl (C=O) groups excluding carboxylic acids is 1. The normalized spacial score (nSPS) is 11.0. The summed E-state index contributed by atoms with van der Waals surface area (Å²) in [5, 5.41) is 2.81. The Morgan fingerprint density at radius 3 is 2.62 bits per heavy atom. The molecule has 1 aromatic carbocycles. The van der Waals surface area contributed by atoms with E-state index in [2.05, 4.69) is 42.2 Å². The van der Waals surface area contributed by atoms with Crippen LogP contribution in [0.4, 0.5) is 13.9 Å². The van der Waals surface area contributed by atoms with E-state index >= 15 is 0 Å². The number of rotatable bonds is 2. The molecule has 0 saturated carbocycles. The van der Waals surface area contributed by atoms with Gasteiger partial charge in [0.25, 0.3) is 5.91 Å². The van der Waals surface area contributed by atoms with E-state index in [1.54, 1.807) is 6.07 Å². The number of fused-ring (bicyclic) bond motifs is 1. The van der Waals surface area contributed by atoms with Crippen LogP contribution in [0.3, 0.4) is 0 Å². The molecule has 0 atom stereocenters. The lowest BCUT2D eigenvalue weighted by Crippen LogP contribution is -2.10. The van der Waals surface area contributed by atoms with Gasteiger partial charge < -0.3 is 0 Å². The molecule has 2 heterocycles. The van der Waals surface area contributed by atoms with E-state index in [0.29, 0.717) is 14.0 Å². The van der Waals surface area contributed by atoms with Gasteiger partial charge in [-0.05, 0) is 44.0 Å². The Labute approximate surface area is 142 Å². The summed E-state index contributed by atoms with van der Waals surface area (Å²) in [7, 11) is 0. The zero-order chi connectivity index (χ0) is 15.1. The van der Waals surface area contributed by atoms with Gasteiger partial charge in [-0.15, -0.1) is 11.3 Å². The molecule has 108 valence electrons. The second-order valence-electron chi connectivity index (χ2n) is 3.94. The van der Waals surface area contributed by atoms with Gasteiger partial charge in [-0.1, -0.05) is 11.3 Å². The third-order valence-electron chi connectivity index (χ3n) is 2.50. The quantitative estimate of drug-likeness (QED) is 0.563. The molecule has 0 spiro atoms. The van der Waals surface area contributed by atoms with Gasteiger partial charge in [-0.25, -0.2) is 13.8 Å². The van der Waals surface area contributed by atoms with Crippen LogP contribution in [0.25, 0.3) is 10.2 Å². The summed E-state index contributed by atoms with van der Waals surface area (Å²) in [5.74, 6) is -1.79. The smallest absolute Gasteiger partial charge is 0.268 e. The van der Waals surface area contributed by atoms with Crippen LogP contribution in [-0.4, -0.2) is 10.9 Å². The van der Waals surface area contributed by atoms with E-state index in [4.69, 9.17) is 0 Å². The fraction of sp³-hybridized carbons (Fsp3) is 0. The molecule has 0 aliphatic carbocycles. The number of amides is 1. The van der Waals surface area contributed by atoms with E-state index in [9.17, 15) is 13.6 Å². The summed E-state index contributed by atoms with van der Waals surface area (Å²) < 4.78 is 28.5. The third-order valence-corrected chi connectivity index (χ3v) is 5.94. The zero-order valence-electron chi connectivity index (χ0n) is 9.92. The molecule has 21 heavy (non-hydrogen) atoms. The van der Waals surface area contributed by atoms with Gasteiger partial charge in [0.15, 0.2) is 10.9 Å². The Morgan fingerprint density at radius 2 is 1.95 bits per heavy atom. The van der Waals surface area contributed by atoms with Crippen molar-refractivity contribution < 1.29 is 13.6 Å². The molecule has 3 nitrogen and oxygen atoms in total. The number of benzene rings is 1. The number of nitrogens with zero attached hydrogens (tertiary/aromatic N) is 1. The van der Waals surface area contributed by atoms with E-state index in [0.717, 1.165) is 21.2 Å². The highest BCUT2D eigenvalue weighted by molar-refractivity contribution is 9.11. The van der Waals surface area contributed by atoms with Crippen molar-refractivity contribution in [2.45, 2.75) is 0 Å². The van der Waals surface area contributed by atoms with Crippen LogP contribution in [0.2, 0.25) is 0 Å². The fourth-order valence-electron chi connectivity index (χ4n) is 1.66. The van der Waals surface area contributed by atoms with Gasteiger partial charge in [0.2, 0.25) is 0 Å². The van der Waals surface area contributed by atoms with Crippen LogP contribution in [-0.2, 0) is 0 Å². The molecular formula is C12H4Br2F2N2OS2. The first-order valence-corrected chi connectivity index (χ1v) is 8.67. The summed E-state index contributed by atoms with van der Waals surface area (Å²) in [6.07, 6.45) is 0. The number of hydrogen-bond donors (Lipinski definition) is 1. The third kappa shape index (κ3) is 3.01. The van der Waals surface area contributed by atoms with Gasteiger partial charge in [-0.3, -0.25) is 10.1 Å². The van der Waals surface area contributed by atoms with Crippen LogP contribution in [0, 0.1) is 11.6 Å². The molecule has 9 heteroatoms. The lowest BCUT2D eigenvalue weighted by atomic mass is 10.3. The molecule has 0 radical (unpaired) electrons. The molecule has 0 saturated heterocycles. The summed E-state index contributed by atoms with van der Waals surface area (Å²) >= 11 is 8.84.